The largest absolute Gasteiger partial charge is 0.373 e. The van der Waals surface area contributed by atoms with E-state index in [1.165, 1.54) is 12.8 Å². The van der Waals surface area contributed by atoms with Crippen LogP contribution in [-0.4, -0.2) is 12.7 Å². The molecule has 0 saturated carbocycles. The van der Waals surface area contributed by atoms with Crippen LogP contribution < -0.4 is 0 Å². The topological polar surface area (TPSA) is 12.5 Å². The van der Waals surface area contributed by atoms with E-state index in [0.717, 1.165) is 12.5 Å². The molecule has 1 heteroatoms. The Labute approximate surface area is 51.0 Å². The van der Waals surface area contributed by atoms with Crippen LogP contribution in [0.2, 0.25) is 0 Å². The molecule has 0 aliphatic carbocycles. The van der Waals surface area contributed by atoms with Crippen molar-refractivity contribution in [1.29, 1.82) is 0 Å². The molecular formula is C7H14O. The lowest BCUT2D eigenvalue weighted by atomic mass is 10.0. The average Bonchev–Trinajstić information content (AvgIpc) is 2.53. The summed E-state index contributed by atoms with van der Waals surface area (Å²) in [6.07, 6.45) is 3.19. The zero-order chi connectivity index (χ0) is 5.98. The molecule has 0 amide bonds. The average molecular weight is 114 g/mol. The standard InChI is InChI=1S/C7H14O/c1-3-6(4-2)7-5-8-7/h6-7H,3-5H2,1-2H3. The normalized spacial score (nSPS) is 26.6. The van der Waals surface area contributed by atoms with Crippen LogP contribution in [0.1, 0.15) is 26.7 Å². The Bertz CT molecular complexity index is 62.8. The molecule has 1 unspecified atom stereocenters. The van der Waals surface area contributed by atoms with Crippen molar-refractivity contribution < 1.29 is 4.74 Å². The Morgan fingerprint density at radius 1 is 1.50 bits per heavy atom. The van der Waals surface area contributed by atoms with Crippen LogP contribution in [0.5, 0.6) is 0 Å². The predicted molar refractivity (Wildman–Crippen MR) is 33.8 cm³/mol. The van der Waals surface area contributed by atoms with Crippen LogP contribution in [0.3, 0.4) is 0 Å². The summed E-state index contributed by atoms with van der Waals surface area (Å²) in [4.78, 5) is 0. The zero-order valence-electron chi connectivity index (χ0n) is 5.68. The summed E-state index contributed by atoms with van der Waals surface area (Å²) in [6, 6.07) is 0. The highest BCUT2D eigenvalue weighted by Gasteiger charge is 2.29. The fourth-order valence-corrected chi connectivity index (χ4v) is 1.14. The molecule has 1 saturated heterocycles. The minimum Gasteiger partial charge on any atom is -0.373 e. The molecule has 1 fully saturated rings. The highest BCUT2D eigenvalue weighted by atomic mass is 16.6. The first kappa shape index (κ1) is 6.09. The van der Waals surface area contributed by atoms with Crippen molar-refractivity contribution in [3.8, 4) is 0 Å². The molecule has 0 N–H and O–H groups in total. The molecule has 1 atom stereocenters. The molecule has 0 radical (unpaired) electrons. The Morgan fingerprint density at radius 2 is 2.00 bits per heavy atom. The fourth-order valence-electron chi connectivity index (χ4n) is 1.14. The first-order chi connectivity index (χ1) is 3.88. The second kappa shape index (κ2) is 2.49. The maximum atomic E-state index is 5.15. The van der Waals surface area contributed by atoms with Gasteiger partial charge in [0, 0.05) is 0 Å². The number of hydrogen-bond donors (Lipinski definition) is 0. The van der Waals surface area contributed by atoms with Crippen LogP contribution in [0.4, 0.5) is 0 Å². The van der Waals surface area contributed by atoms with E-state index in [0.29, 0.717) is 6.10 Å². The predicted octanol–water partition coefficient (Wildman–Crippen LogP) is 1.82. The molecule has 0 spiro atoms. The van der Waals surface area contributed by atoms with Crippen molar-refractivity contribution >= 4 is 0 Å². The summed E-state index contributed by atoms with van der Waals surface area (Å²) >= 11 is 0. The van der Waals surface area contributed by atoms with E-state index in [2.05, 4.69) is 13.8 Å². The Morgan fingerprint density at radius 3 is 2.12 bits per heavy atom. The Hall–Kier alpha value is -0.0400. The molecule has 0 bridgehead atoms. The maximum Gasteiger partial charge on any atom is 0.0837 e. The molecule has 1 heterocycles. The van der Waals surface area contributed by atoms with Gasteiger partial charge in [0.25, 0.3) is 0 Å². The number of hydrogen-bond acceptors (Lipinski definition) is 1. The zero-order valence-corrected chi connectivity index (χ0v) is 5.68. The third-order valence-electron chi connectivity index (χ3n) is 1.93. The van der Waals surface area contributed by atoms with E-state index in [1.54, 1.807) is 0 Å². The smallest absolute Gasteiger partial charge is 0.0837 e. The van der Waals surface area contributed by atoms with Crippen LogP contribution in [0.25, 0.3) is 0 Å². The monoisotopic (exact) mass is 114 g/mol. The lowest BCUT2D eigenvalue weighted by Gasteiger charge is -2.05. The van der Waals surface area contributed by atoms with Crippen LogP contribution in [0, 0.1) is 5.92 Å². The Kier molecular flexibility index (Phi) is 1.90. The Balaban J connectivity index is 2.15. The molecule has 0 aromatic heterocycles. The second-order valence-corrected chi connectivity index (χ2v) is 2.45. The minimum absolute atomic E-state index is 0.630. The lowest BCUT2D eigenvalue weighted by Crippen LogP contribution is -2.04. The molecule has 8 heavy (non-hydrogen) atoms. The van der Waals surface area contributed by atoms with Crippen LogP contribution in [0.15, 0.2) is 0 Å². The van der Waals surface area contributed by atoms with Crippen molar-refractivity contribution in [2.75, 3.05) is 6.61 Å². The fraction of sp³-hybridized carbons (Fsp3) is 1.00. The molecule has 0 aromatic carbocycles. The first-order valence-corrected chi connectivity index (χ1v) is 3.50. The molecule has 1 nitrogen and oxygen atoms in total. The van der Waals surface area contributed by atoms with Crippen molar-refractivity contribution in [3.05, 3.63) is 0 Å². The summed E-state index contributed by atoms with van der Waals surface area (Å²) < 4.78 is 5.15. The van der Waals surface area contributed by atoms with Gasteiger partial charge < -0.3 is 4.74 Å². The van der Waals surface area contributed by atoms with Crippen molar-refractivity contribution in [1.82, 2.24) is 0 Å². The maximum absolute atomic E-state index is 5.15. The van der Waals surface area contributed by atoms with Gasteiger partial charge in [-0.15, -0.1) is 0 Å². The van der Waals surface area contributed by atoms with Gasteiger partial charge in [0.15, 0.2) is 0 Å². The highest BCUT2D eigenvalue weighted by molar-refractivity contribution is 4.76. The van der Waals surface area contributed by atoms with Gasteiger partial charge in [-0.1, -0.05) is 26.7 Å². The third-order valence-corrected chi connectivity index (χ3v) is 1.93. The van der Waals surface area contributed by atoms with Gasteiger partial charge in [0.05, 0.1) is 12.7 Å². The van der Waals surface area contributed by atoms with Gasteiger partial charge in [0.2, 0.25) is 0 Å². The lowest BCUT2D eigenvalue weighted by molar-refractivity contribution is 0.316. The van der Waals surface area contributed by atoms with Gasteiger partial charge >= 0.3 is 0 Å². The van der Waals surface area contributed by atoms with Crippen LogP contribution >= 0.6 is 0 Å². The van der Waals surface area contributed by atoms with E-state index in [1.807, 2.05) is 0 Å². The molecule has 1 aliphatic heterocycles. The van der Waals surface area contributed by atoms with Crippen molar-refractivity contribution in [2.24, 2.45) is 5.92 Å². The molecular weight excluding hydrogens is 100 g/mol. The molecule has 0 aromatic rings. The van der Waals surface area contributed by atoms with E-state index in [9.17, 15) is 0 Å². The number of ether oxygens (including phenoxy) is 1. The third kappa shape index (κ3) is 1.22. The molecule has 48 valence electrons. The van der Waals surface area contributed by atoms with Crippen LogP contribution in [-0.2, 0) is 4.74 Å². The van der Waals surface area contributed by atoms with Gasteiger partial charge in [-0.05, 0) is 5.92 Å². The SMILES string of the molecule is CCC(CC)C1CO1. The van der Waals surface area contributed by atoms with Gasteiger partial charge in [0.1, 0.15) is 0 Å². The number of epoxide rings is 1. The van der Waals surface area contributed by atoms with Gasteiger partial charge in [-0.2, -0.15) is 0 Å². The van der Waals surface area contributed by atoms with E-state index < -0.39 is 0 Å². The molecule has 1 rings (SSSR count). The van der Waals surface area contributed by atoms with E-state index >= 15 is 0 Å². The second-order valence-electron chi connectivity index (χ2n) is 2.45. The van der Waals surface area contributed by atoms with Gasteiger partial charge in [-0.25, -0.2) is 0 Å². The highest BCUT2D eigenvalue weighted by Crippen LogP contribution is 2.25. The minimum atomic E-state index is 0.630. The molecule has 1 aliphatic rings. The summed E-state index contributed by atoms with van der Waals surface area (Å²) in [7, 11) is 0. The van der Waals surface area contributed by atoms with E-state index in [-0.39, 0.29) is 0 Å². The van der Waals surface area contributed by atoms with Crippen molar-refractivity contribution in [3.63, 3.8) is 0 Å². The summed E-state index contributed by atoms with van der Waals surface area (Å²) in [5.41, 5.74) is 0. The van der Waals surface area contributed by atoms with Gasteiger partial charge in [-0.3, -0.25) is 0 Å². The first-order valence-electron chi connectivity index (χ1n) is 3.50. The quantitative estimate of drug-likeness (QED) is 0.510. The van der Waals surface area contributed by atoms with E-state index in [4.69, 9.17) is 4.74 Å². The summed E-state index contributed by atoms with van der Waals surface area (Å²) in [5.74, 6) is 0.843. The number of rotatable bonds is 3. The summed E-state index contributed by atoms with van der Waals surface area (Å²) in [6.45, 7) is 5.48. The van der Waals surface area contributed by atoms with Crippen molar-refractivity contribution in [2.45, 2.75) is 32.8 Å². The summed E-state index contributed by atoms with van der Waals surface area (Å²) in [5, 5.41) is 0.